The Bertz CT molecular complexity index is 83.4. The topological polar surface area (TPSA) is 83.6 Å². The molecule has 2 N–H and O–H groups in total. The summed E-state index contributed by atoms with van der Waals surface area (Å²) in [5.74, 6) is 0. The molecule has 0 saturated carbocycles. The van der Waals surface area contributed by atoms with Gasteiger partial charge in [-0.3, -0.25) is 10.1 Å². The highest BCUT2D eigenvalue weighted by Crippen LogP contribution is 1.88. The molecule has 0 radical (unpaired) electrons. The van der Waals surface area contributed by atoms with E-state index in [0.29, 0.717) is 0 Å². The monoisotopic (exact) mass is 121 g/mol. The number of rotatable bonds is 3. The smallest absolute Gasteiger partial charge is 0.315 e. The number of hydrogen-bond acceptors (Lipinski definition) is 4. The lowest BCUT2D eigenvalue weighted by molar-refractivity contribution is -0.571. The Hall–Kier alpha value is -0.680. The molecule has 8 heavy (non-hydrogen) atoms. The molecule has 0 aromatic heterocycles. The van der Waals surface area contributed by atoms with Crippen LogP contribution in [0.2, 0.25) is 0 Å². The maximum Gasteiger partial charge on any atom is 0.315 e. The second kappa shape index (κ2) is 3.34. The second-order valence-electron chi connectivity index (χ2n) is 1.28. The molecule has 1 atom stereocenters. The number of aliphatic hydroxyl groups is 2. The minimum absolute atomic E-state index is 0.201. The Balaban J connectivity index is 3.32. The first-order valence-electron chi connectivity index (χ1n) is 2.11. The molecular formula is C3H7NO4. The zero-order chi connectivity index (χ0) is 6.57. The van der Waals surface area contributed by atoms with Crippen molar-refractivity contribution in [1.29, 1.82) is 0 Å². The summed E-state index contributed by atoms with van der Waals surface area (Å²) in [5.41, 5.74) is 0. The summed E-state index contributed by atoms with van der Waals surface area (Å²) in [4.78, 5) is 8.68. The number of nitrogens with zero attached hydrogens (tertiary/aromatic N) is 1. The predicted molar refractivity (Wildman–Crippen MR) is 24.7 cm³/mol. The summed E-state index contributed by atoms with van der Waals surface area (Å²) >= 11 is 0. The van der Waals surface area contributed by atoms with Crippen molar-refractivity contribution >= 4 is 0 Å². The average Bonchev–Trinajstić information content (AvgIpc) is 1.67. The lowest BCUT2D eigenvalue weighted by atomic mass is 10.4. The van der Waals surface area contributed by atoms with Gasteiger partial charge in [-0.15, -0.1) is 0 Å². The van der Waals surface area contributed by atoms with E-state index in [1.54, 1.807) is 0 Å². The lowest BCUT2D eigenvalue weighted by Crippen LogP contribution is -2.19. The predicted octanol–water partition coefficient (Wildman–Crippen LogP) is -1.04. The van der Waals surface area contributed by atoms with Crippen LogP contribution in [0.5, 0.6) is 0 Å². The van der Waals surface area contributed by atoms with E-state index >= 15 is 0 Å². The van der Waals surface area contributed by atoms with Crippen LogP contribution in [0.4, 0.5) is 0 Å². The number of nitro groups is 1. The van der Waals surface area contributed by atoms with Crippen molar-refractivity contribution in [3.05, 3.63) is 10.1 Å². The minimum Gasteiger partial charge on any atom is -0.396 e. The van der Waals surface area contributed by atoms with Crippen LogP contribution in [-0.4, -0.2) is 28.0 Å². The van der Waals surface area contributed by atoms with E-state index < -0.39 is 11.2 Å². The van der Waals surface area contributed by atoms with Crippen LogP contribution in [0.25, 0.3) is 0 Å². The molecule has 0 amide bonds. The van der Waals surface area contributed by atoms with Crippen molar-refractivity contribution in [3.8, 4) is 0 Å². The van der Waals surface area contributed by atoms with E-state index in [9.17, 15) is 10.1 Å². The number of aliphatic hydroxyl groups excluding tert-OH is 2. The second-order valence-corrected chi connectivity index (χ2v) is 1.28. The zero-order valence-electron chi connectivity index (χ0n) is 4.15. The van der Waals surface area contributed by atoms with Crippen molar-refractivity contribution in [2.24, 2.45) is 0 Å². The van der Waals surface area contributed by atoms with Crippen molar-refractivity contribution in [1.82, 2.24) is 0 Å². The molecule has 1 unspecified atom stereocenters. The summed E-state index contributed by atoms with van der Waals surface area (Å²) in [6.07, 6.45) is -1.81. The van der Waals surface area contributed by atoms with Gasteiger partial charge in [0.05, 0.1) is 18.0 Å². The van der Waals surface area contributed by atoms with Gasteiger partial charge < -0.3 is 10.2 Å². The highest BCUT2D eigenvalue weighted by atomic mass is 16.7. The van der Waals surface area contributed by atoms with E-state index in [0.717, 1.165) is 0 Å². The van der Waals surface area contributed by atoms with Gasteiger partial charge >= 0.3 is 6.23 Å². The van der Waals surface area contributed by atoms with E-state index in [1.807, 2.05) is 0 Å². The van der Waals surface area contributed by atoms with Gasteiger partial charge in [0.1, 0.15) is 0 Å². The molecule has 0 fully saturated rings. The third kappa shape index (κ3) is 2.49. The fourth-order valence-corrected chi connectivity index (χ4v) is 0.221. The zero-order valence-corrected chi connectivity index (χ0v) is 4.15. The van der Waals surface area contributed by atoms with Crippen molar-refractivity contribution in [3.63, 3.8) is 0 Å². The third-order valence-corrected chi connectivity index (χ3v) is 0.631. The van der Waals surface area contributed by atoms with Gasteiger partial charge in [0.2, 0.25) is 0 Å². The maximum absolute atomic E-state index is 9.53. The van der Waals surface area contributed by atoms with Crippen LogP contribution >= 0.6 is 0 Å². The third-order valence-electron chi connectivity index (χ3n) is 0.631. The minimum atomic E-state index is -1.61. The van der Waals surface area contributed by atoms with Crippen molar-refractivity contribution in [2.45, 2.75) is 12.6 Å². The normalized spacial score (nSPS) is 13.2. The van der Waals surface area contributed by atoms with E-state index in [2.05, 4.69) is 0 Å². The summed E-state index contributed by atoms with van der Waals surface area (Å²) in [6.45, 7) is -0.359. The maximum atomic E-state index is 9.53. The van der Waals surface area contributed by atoms with Crippen molar-refractivity contribution in [2.75, 3.05) is 6.61 Å². The van der Waals surface area contributed by atoms with Crippen molar-refractivity contribution < 1.29 is 15.1 Å². The molecule has 0 rings (SSSR count). The standard InChI is InChI=1S/C3H7NO4/c5-2-1-3(6)4(7)8/h3,5-6H,1-2H2. The van der Waals surface area contributed by atoms with Gasteiger partial charge in [0.25, 0.3) is 0 Å². The van der Waals surface area contributed by atoms with Crippen LogP contribution in [0.3, 0.4) is 0 Å². The largest absolute Gasteiger partial charge is 0.396 e. The fourth-order valence-electron chi connectivity index (χ4n) is 0.221. The molecule has 0 aliphatic rings. The van der Waals surface area contributed by atoms with Crippen LogP contribution in [0.1, 0.15) is 6.42 Å². The Morgan fingerprint density at radius 2 is 2.25 bits per heavy atom. The Kier molecular flexibility index (Phi) is 3.05. The highest BCUT2D eigenvalue weighted by molar-refractivity contribution is 4.34. The summed E-state index contributed by atoms with van der Waals surface area (Å²) in [5, 5.41) is 25.8. The van der Waals surface area contributed by atoms with Crippen LogP contribution in [0, 0.1) is 10.1 Å². The van der Waals surface area contributed by atoms with Gasteiger partial charge in [-0.1, -0.05) is 0 Å². The quantitative estimate of drug-likeness (QED) is 0.284. The van der Waals surface area contributed by atoms with Crippen LogP contribution < -0.4 is 0 Å². The molecule has 5 heteroatoms. The Labute approximate surface area is 45.7 Å². The summed E-state index contributed by atoms with van der Waals surface area (Å²) in [6, 6.07) is 0. The van der Waals surface area contributed by atoms with Gasteiger partial charge in [-0.25, -0.2) is 0 Å². The highest BCUT2D eigenvalue weighted by Gasteiger charge is 2.12. The first kappa shape index (κ1) is 7.32. The molecule has 48 valence electrons. The van der Waals surface area contributed by atoms with Gasteiger partial charge in [-0.2, -0.15) is 0 Å². The molecule has 0 saturated heterocycles. The number of hydrogen-bond donors (Lipinski definition) is 2. The van der Waals surface area contributed by atoms with E-state index in [4.69, 9.17) is 10.2 Å². The van der Waals surface area contributed by atoms with E-state index in [-0.39, 0.29) is 13.0 Å². The van der Waals surface area contributed by atoms with Gasteiger partial charge in [-0.05, 0) is 0 Å². The average molecular weight is 121 g/mol. The molecule has 0 aromatic rings. The first-order valence-corrected chi connectivity index (χ1v) is 2.11. The van der Waals surface area contributed by atoms with Gasteiger partial charge in [0, 0.05) is 0 Å². The molecule has 0 heterocycles. The lowest BCUT2D eigenvalue weighted by Gasteiger charge is -1.96. The van der Waals surface area contributed by atoms with Gasteiger partial charge in [0.15, 0.2) is 0 Å². The Morgan fingerprint density at radius 3 is 2.38 bits per heavy atom. The molecule has 5 nitrogen and oxygen atoms in total. The van der Waals surface area contributed by atoms with Crippen LogP contribution in [-0.2, 0) is 0 Å². The summed E-state index contributed by atoms with van der Waals surface area (Å²) in [7, 11) is 0. The summed E-state index contributed by atoms with van der Waals surface area (Å²) < 4.78 is 0. The molecule has 0 bridgehead atoms. The molecule has 0 spiro atoms. The molecule has 0 aliphatic heterocycles. The van der Waals surface area contributed by atoms with Crippen LogP contribution in [0.15, 0.2) is 0 Å². The van der Waals surface area contributed by atoms with E-state index in [1.165, 1.54) is 0 Å². The SMILES string of the molecule is O=[N+]([O-])C(O)CCO. The fraction of sp³-hybridized carbons (Fsp3) is 1.00. The first-order chi connectivity index (χ1) is 3.68. The molecule has 0 aliphatic carbocycles. The molecule has 0 aromatic carbocycles. The molecular weight excluding hydrogens is 114 g/mol. The Morgan fingerprint density at radius 1 is 1.75 bits per heavy atom.